The van der Waals surface area contributed by atoms with Gasteiger partial charge in [0, 0.05) is 16.6 Å². The summed E-state index contributed by atoms with van der Waals surface area (Å²) < 4.78 is 14.7. The predicted molar refractivity (Wildman–Crippen MR) is 129 cm³/mol. The van der Waals surface area contributed by atoms with Gasteiger partial charge in [-0.1, -0.05) is 5.21 Å². The van der Waals surface area contributed by atoms with Gasteiger partial charge in [-0.2, -0.15) is 0 Å². The molecular formula is C13H20B8FN3O3. The van der Waals surface area contributed by atoms with Gasteiger partial charge in [0.05, 0.1) is 0 Å². The molecule has 2 heterocycles. The van der Waals surface area contributed by atoms with Crippen LogP contribution < -0.4 is 22.0 Å². The first kappa shape index (κ1) is 20.8. The van der Waals surface area contributed by atoms with Crippen LogP contribution in [0.15, 0.2) is 0 Å². The Kier molecular flexibility index (Phi) is 4.31. The van der Waals surface area contributed by atoms with Crippen LogP contribution in [0.3, 0.4) is 0 Å². The lowest BCUT2D eigenvalue weighted by Gasteiger charge is -2.55. The van der Waals surface area contributed by atoms with Crippen LogP contribution in [0.5, 0.6) is 0 Å². The summed E-state index contributed by atoms with van der Waals surface area (Å²) in [7, 11) is 13.9. The van der Waals surface area contributed by atoms with Crippen molar-refractivity contribution < 1.29 is 18.8 Å². The summed E-state index contributed by atoms with van der Waals surface area (Å²) in [5.74, 6) is -1.86. The summed E-state index contributed by atoms with van der Waals surface area (Å²) in [6, 6.07) is -0.919. The van der Waals surface area contributed by atoms with E-state index in [4.69, 9.17) is 5.73 Å². The summed E-state index contributed by atoms with van der Waals surface area (Å²) in [6.45, 7) is 0. The molecule has 0 bridgehead atoms. The van der Waals surface area contributed by atoms with Crippen molar-refractivity contribution in [2.45, 2.75) is 21.8 Å². The van der Waals surface area contributed by atoms with Gasteiger partial charge in [0.25, 0.3) is 5.91 Å². The number of nitrogen functional groups attached to an aromatic ring is 1. The first-order chi connectivity index (χ1) is 12.6. The van der Waals surface area contributed by atoms with Crippen molar-refractivity contribution >= 4 is 97.1 Å². The molecule has 0 radical (unpaired) electrons. The molecule has 6 nitrogen and oxygen atoms in total. The molecule has 1 aromatic rings. The topological polar surface area (TPSA) is 92.5 Å². The Morgan fingerprint density at radius 3 is 2.07 bits per heavy atom. The van der Waals surface area contributed by atoms with E-state index < -0.39 is 39.4 Å². The zero-order valence-corrected chi connectivity index (χ0v) is 17.7. The number of fused-ring (bicyclic) bond motifs is 1. The van der Waals surface area contributed by atoms with Gasteiger partial charge in [0.2, 0.25) is 11.8 Å². The van der Waals surface area contributed by atoms with Crippen molar-refractivity contribution in [3.8, 4) is 0 Å². The van der Waals surface area contributed by atoms with E-state index in [0.29, 0.717) is 11.0 Å². The number of carbonyl (C=O) groups is 3. The predicted octanol–water partition coefficient (Wildman–Crippen LogP) is -9.45. The first-order valence-electron chi connectivity index (χ1n) is 9.37. The van der Waals surface area contributed by atoms with Gasteiger partial charge >= 0.3 is 0 Å². The van der Waals surface area contributed by atoms with Gasteiger partial charge in [-0.25, -0.2) is 4.39 Å². The third-order valence-electron chi connectivity index (χ3n) is 7.21. The molecule has 1 aromatic carbocycles. The Bertz CT molecular complexity index is 967. The Morgan fingerprint density at radius 1 is 1.00 bits per heavy atom. The van der Waals surface area contributed by atoms with E-state index in [1.54, 1.807) is 47.1 Å². The van der Waals surface area contributed by atoms with Gasteiger partial charge in [-0.15, -0.1) is 0 Å². The number of carbonyl (C=O) groups excluding carboxylic acids is 3. The number of imide groups is 1. The van der Waals surface area contributed by atoms with Crippen molar-refractivity contribution in [3.05, 3.63) is 16.9 Å². The lowest BCUT2D eigenvalue weighted by Crippen LogP contribution is -2.69. The molecule has 1 unspecified atom stereocenters. The minimum Gasteiger partial charge on any atom is -0.399 e. The molecule has 0 aliphatic carbocycles. The fourth-order valence-electron chi connectivity index (χ4n) is 4.60. The number of piperidine rings is 1. The van der Waals surface area contributed by atoms with E-state index >= 15 is 0 Å². The maximum absolute atomic E-state index is 14.7. The second-order valence-corrected chi connectivity index (χ2v) is 9.53. The van der Waals surface area contributed by atoms with Crippen LogP contribution in [0.2, 0.25) is 10.4 Å². The van der Waals surface area contributed by atoms with Crippen LogP contribution in [0.1, 0.15) is 15.9 Å². The molecule has 0 aromatic heterocycles. The summed E-state index contributed by atoms with van der Waals surface area (Å²) >= 11 is 0. The Labute approximate surface area is 170 Å². The summed E-state index contributed by atoms with van der Waals surface area (Å²) in [4.78, 5) is 40.4. The van der Waals surface area contributed by atoms with E-state index in [1.165, 1.54) is 4.90 Å². The van der Waals surface area contributed by atoms with E-state index in [-0.39, 0.29) is 22.6 Å². The van der Waals surface area contributed by atoms with Crippen LogP contribution in [-0.2, 0) is 14.9 Å². The number of nitrogens with zero attached hydrogens (tertiary/aromatic N) is 1. The Hall–Kier alpha value is -1.92. The van der Waals surface area contributed by atoms with Crippen molar-refractivity contribution in [2.24, 2.45) is 0 Å². The van der Waals surface area contributed by atoms with Gasteiger partial charge in [0.1, 0.15) is 74.6 Å². The number of anilines is 1. The summed E-state index contributed by atoms with van der Waals surface area (Å²) in [5, 5.41) is -0.305. The summed E-state index contributed by atoms with van der Waals surface area (Å²) in [6.07, 6.45) is 0. The number of hydrogen-bond donors (Lipinski definition) is 2. The summed E-state index contributed by atoms with van der Waals surface area (Å²) in [5.41, 5.74) is 7.73. The van der Waals surface area contributed by atoms with E-state index in [2.05, 4.69) is 5.32 Å². The van der Waals surface area contributed by atoms with Gasteiger partial charge < -0.3 is 10.6 Å². The molecule has 28 heavy (non-hydrogen) atoms. The smallest absolute Gasteiger partial charge is 0.253 e. The molecule has 0 saturated carbocycles. The minimum absolute atomic E-state index is 0.212. The second kappa shape index (κ2) is 5.80. The van der Waals surface area contributed by atoms with E-state index in [1.807, 2.05) is 15.7 Å². The quantitative estimate of drug-likeness (QED) is 0.291. The van der Waals surface area contributed by atoms with Crippen LogP contribution in [-0.4, -0.2) is 91.4 Å². The lowest BCUT2D eigenvalue weighted by molar-refractivity contribution is -0.138. The maximum atomic E-state index is 14.7. The first-order valence-corrected chi connectivity index (χ1v) is 9.37. The molecule has 3 amide bonds. The van der Waals surface area contributed by atoms with Crippen molar-refractivity contribution in [2.75, 3.05) is 5.73 Å². The van der Waals surface area contributed by atoms with Crippen molar-refractivity contribution in [1.82, 2.24) is 10.2 Å². The average Bonchev–Trinajstić information content (AvgIpc) is 2.77. The second-order valence-electron chi connectivity index (χ2n) is 9.53. The van der Waals surface area contributed by atoms with Gasteiger partial charge in [-0.05, 0) is 21.7 Å². The SMILES string of the molecule is Bc1c(N)c2c(c(B)c1F)C(=O)N(C1C(=O)NC(=O)C(B)(B)C1(B)B)C2(B)B. The van der Waals surface area contributed by atoms with Gasteiger partial charge in [-0.3, -0.25) is 19.7 Å². The number of benzene rings is 1. The fraction of sp³-hybridized carbons (Fsp3) is 0.308. The normalized spacial score (nSPS) is 24.7. The van der Waals surface area contributed by atoms with E-state index in [0.717, 1.165) is 0 Å². The highest BCUT2D eigenvalue weighted by Gasteiger charge is 2.61. The molecule has 0 spiro atoms. The zero-order valence-electron chi connectivity index (χ0n) is 17.7. The van der Waals surface area contributed by atoms with Gasteiger partial charge in [0.15, 0.2) is 0 Å². The molecule has 1 fully saturated rings. The van der Waals surface area contributed by atoms with Crippen molar-refractivity contribution in [1.29, 1.82) is 0 Å². The standard InChI is InChI=1S/C13H20B8FN3O3/c14-3-1-2(6(23)4(15)5(3)22)13(20,21)25(9(1)27)7-8(26)24-10(28)12(18,19)11(7,16)17/h7H,14-21,23H2,(H,24,26,28). The number of rotatable bonds is 1. The number of amides is 3. The van der Waals surface area contributed by atoms with Crippen LogP contribution in [0.25, 0.3) is 0 Å². The molecule has 2 aliphatic heterocycles. The highest BCUT2D eigenvalue weighted by atomic mass is 19.1. The molecule has 1 atom stereocenters. The number of halogens is 1. The monoisotopic (exact) mass is 373 g/mol. The number of nitrogens with one attached hydrogen (secondary N) is 1. The minimum atomic E-state index is -0.949. The third-order valence-corrected chi connectivity index (χ3v) is 7.21. The maximum Gasteiger partial charge on any atom is 0.253 e. The molecule has 3 rings (SSSR count). The van der Waals surface area contributed by atoms with Crippen LogP contribution in [0, 0.1) is 5.82 Å². The highest BCUT2D eigenvalue weighted by Crippen LogP contribution is 2.52. The third kappa shape index (κ3) is 2.28. The largest absolute Gasteiger partial charge is 0.399 e. The zero-order chi connectivity index (χ0) is 21.6. The van der Waals surface area contributed by atoms with Crippen molar-refractivity contribution in [3.63, 3.8) is 0 Å². The lowest BCUT2D eigenvalue weighted by atomic mass is 9.26. The molecule has 3 N–H and O–H groups in total. The van der Waals surface area contributed by atoms with Crippen LogP contribution in [0.4, 0.5) is 10.1 Å². The Balaban J connectivity index is 2.29. The number of nitrogens with two attached hydrogens (primary N) is 1. The molecule has 2 aliphatic rings. The van der Waals surface area contributed by atoms with Crippen LogP contribution >= 0.6 is 0 Å². The van der Waals surface area contributed by atoms with E-state index in [9.17, 15) is 18.8 Å². The molecule has 1 saturated heterocycles. The molecule has 136 valence electrons. The molecule has 15 heteroatoms. The number of hydrogen-bond acceptors (Lipinski definition) is 4. The Morgan fingerprint density at radius 2 is 1.54 bits per heavy atom. The molecular weight excluding hydrogens is 352 g/mol. The highest BCUT2D eigenvalue weighted by molar-refractivity contribution is 6.64. The fourth-order valence-corrected chi connectivity index (χ4v) is 4.60. The average molecular weight is 372 g/mol.